The van der Waals surface area contributed by atoms with Crippen molar-refractivity contribution in [3.05, 3.63) is 64.1 Å². The predicted octanol–water partition coefficient (Wildman–Crippen LogP) is 2.55. The fourth-order valence-corrected chi connectivity index (χ4v) is 2.26. The number of carbonyl (C=O) groups is 2. The van der Waals surface area contributed by atoms with Gasteiger partial charge < -0.3 is 14.5 Å². The number of aromatic amines is 1. The topological polar surface area (TPSA) is 101 Å². The third-order valence-electron chi connectivity index (χ3n) is 3.35. The number of hydrogen-bond acceptors (Lipinski definition) is 5. The molecule has 0 aliphatic rings. The van der Waals surface area contributed by atoms with Gasteiger partial charge in [0.1, 0.15) is 0 Å². The van der Waals surface area contributed by atoms with Gasteiger partial charge in [0.05, 0.1) is 23.4 Å². The van der Waals surface area contributed by atoms with Crippen molar-refractivity contribution in [1.29, 1.82) is 0 Å². The molecule has 1 heterocycles. The van der Waals surface area contributed by atoms with Crippen LogP contribution in [0.4, 0.5) is 5.69 Å². The van der Waals surface area contributed by atoms with Gasteiger partial charge in [0, 0.05) is 5.56 Å². The molecular formula is C17H14N2O5. The SMILES string of the molecule is CCOC(=O)c1ccccc1NC(=O)c1ccc2[nH]c(=O)oc2c1. The summed E-state index contributed by atoms with van der Waals surface area (Å²) in [6.45, 7) is 1.95. The maximum Gasteiger partial charge on any atom is 0.417 e. The third-order valence-corrected chi connectivity index (χ3v) is 3.35. The van der Waals surface area contributed by atoms with E-state index in [-0.39, 0.29) is 17.8 Å². The van der Waals surface area contributed by atoms with Gasteiger partial charge in [0.15, 0.2) is 5.58 Å². The molecule has 0 bridgehead atoms. The Balaban J connectivity index is 1.88. The molecule has 0 saturated carbocycles. The van der Waals surface area contributed by atoms with Gasteiger partial charge in [0.25, 0.3) is 5.91 Å². The molecule has 1 amide bonds. The highest BCUT2D eigenvalue weighted by atomic mass is 16.5. The first-order chi connectivity index (χ1) is 11.6. The van der Waals surface area contributed by atoms with Crippen LogP contribution in [0.25, 0.3) is 11.1 Å². The average molecular weight is 326 g/mol. The zero-order valence-electron chi connectivity index (χ0n) is 12.8. The van der Waals surface area contributed by atoms with Gasteiger partial charge in [-0.2, -0.15) is 0 Å². The second-order valence-electron chi connectivity index (χ2n) is 4.95. The van der Waals surface area contributed by atoms with Crippen LogP contribution in [-0.2, 0) is 4.74 Å². The van der Waals surface area contributed by atoms with Gasteiger partial charge in [-0.15, -0.1) is 0 Å². The summed E-state index contributed by atoms with van der Waals surface area (Å²) in [4.78, 5) is 38.0. The highest BCUT2D eigenvalue weighted by molar-refractivity contribution is 6.08. The van der Waals surface area contributed by atoms with Gasteiger partial charge in [0.2, 0.25) is 0 Å². The first kappa shape index (κ1) is 15.5. The van der Waals surface area contributed by atoms with E-state index in [2.05, 4.69) is 10.3 Å². The molecule has 0 atom stereocenters. The number of aromatic nitrogens is 1. The van der Waals surface area contributed by atoms with Crippen LogP contribution in [0.15, 0.2) is 51.7 Å². The summed E-state index contributed by atoms with van der Waals surface area (Å²) in [6.07, 6.45) is 0. The number of ether oxygens (including phenoxy) is 1. The van der Waals surface area contributed by atoms with E-state index >= 15 is 0 Å². The lowest BCUT2D eigenvalue weighted by molar-refractivity contribution is 0.0527. The quantitative estimate of drug-likeness (QED) is 0.717. The maximum absolute atomic E-state index is 12.4. The van der Waals surface area contributed by atoms with Gasteiger partial charge in [-0.25, -0.2) is 9.59 Å². The molecule has 122 valence electrons. The van der Waals surface area contributed by atoms with E-state index in [9.17, 15) is 14.4 Å². The van der Waals surface area contributed by atoms with Crippen LogP contribution in [-0.4, -0.2) is 23.5 Å². The van der Waals surface area contributed by atoms with E-state index in [0.29, 0.717) is 16.8 Å². The number of amides is 1. The first-order valence-electron chi connectivity index (χ1n) is 7.29. The number of benzene rings is 2. The van der Waals surface area contributed by atoms with Crippen LogP contribution in [0.3, 0.4) is 0 Å². The van der Waals surface area contributed by atoms with Gasteiger partial charge in [-0.1, -0.05) is 12.1 Å². The summed E-state index contributed by atoms with van der Waals surface area (Å²) < 4.78 is 9.91. The number of nitrogens with one attached hydrogen (secondary N) is 2. The molecule has 0 aliphatic carbocycles. The Hall–Kier alpha value is -3.35. The molecule has 0 fully saturated rings. The normalized spacial score (nSPS) is 10.5. The van der Waals surface area contributed by atoms with Crippen LogP contribution in [0.2, 0.25) is 0 Å². The highest BCUT2D eigenvalue weighted by Gasteiger charge is 2.15. The molecule has 3 aromatic rings. The molecule has 2 N–H and O–H groups in total. The zero-order chi connectivity index (χ0) is 17.1. The van der Waals surface area contributed by atoms with E-state index in [0.717, 1.165) is 0 Å². The monoisotopic (exact) mass is 326 g/mol. The lowest BCUT2D eigenvalue weighted by Crippen LogP contribution is -2.15. The Labute approximate surface area is 136 Å². The summed E-state index contributed by atoms with van der Waals surface area (Å²) >= 11 is 0. The third kappa shape index (κ3) is 3.05. The van der Waals surface area contributed by atoms with Crippen LogP contribution >= 0.6 is 0 Å². The number of rotatable bonds is 4. The van der Waals surface area contributed by atoms with Crippen molar-refractivity contribution in [2.75, 3.05) is 11.9 Å². The Bertz CT molecular complexity index is 970. The van der Waals surface area contributed by atoms with Crippen LogP contribution in [0.5, 0.6) is 0 Å². The minimum Gasteiger partial charge on any atom is -0.462 e. The van der Waals surface area contributed by atoms with Gasteiger partial charge in [-0.3, -0.25) is 9.78 Å². The molecule has 7 heteroatoms. The highest BCUT2D eigenvalue weighted by Crippen LogP contribution is 2.19. The van der Waals surface area contributed by atoms with Gasteiger partial charge >= 0.3 is 11.7 Å². The van der Waals surface area contributed by atoms with E-state index < -0.39 is 17.6 Å². The van der Waals surface area contributed by atoms with E-state index in [1.165, 1.54) is 6.07 Å². The second kappa shape index (κ2) is 6.41. The summed E-state index contributed by atoms with van der Waals surface area (Å²) in [5.41, 5.74) is 1.69. The van der Waals surface area contributed by atoms with Crippen molar-refractivity contribution in [3.63, 3.8) is 0 Å². The van der Waals surface area contributed by atoms with Crippen molar-refractivity contribution in [2.24, 2.45) is 0 Å². The summed E-state index contributed by atoms with van der Waals surface area (Å²) in [6, 6.07) is 11.1. The Morgan fingerprint density at radius 2 is 2.00 bits per heavy atom. The molecule has 2 aromatic carbocycles. The smallest absolute Gasteiger partial charge is 0.417 e. The molecule has 3 rings (SSSR count). The number of H-pyrrole nitrogens is 1. The van der Waals surface area contributed by atoms with Crippen LogP contribution < -0.4 is 11.1 Å². The number of carbonyl (C=O) groups excluding carboxylic acids is 2. The number of para-hydroxylation sites is 1. The largest absolute Gasteiger partial charge is 0.462 e. The molecule has 0 spiro atoms. The molecule has 0 radical (unpaired) electrons. The number of esters is 1. The number of fused-ring (bicyclic) bond motifs is 1. The second-order valence-corrected chi connectivity index (χ2v) is 4.95. The molecule has 7 nitrogen and oxygen atoms in total. The molecule has 0 unspecified atom stereocenters. The molecule has 1 aromatic heterocycles. The lowest BCUT2D eigenvalue weighted by atomic mass is 10.1. The van der Waals surface area contributed by atoms with Gasteiger partial charge in [-0.05, 0) is 37.3 Å². The fraction of sp³-hybridized carbons (Fsp3) is 0.118. The number of hydrogen-bond donors (Lipinski definition) is 2. The molecule has 24 heavy (non-hydrogen) atoms. The van der Waals surface area contributed by atoms with Crippen molar-refractivity contribution >= 4 is 28.7 Å². The molecule has 0 aliphatic heterocycles. The van der Waals surface area contributed by atoms with Crippen LogP contribution in [0, 0.1) is 0 Å². The summed E-state index contributed by atoms with van der Waals surface area (Å²) in [5, 5.41) is 2.67. The van der Waals surface area contributed by atoms with Crippen molar-refractivity contribution in [3.8, 4) is 0 Å². The Kier molecular flexibility index (Phi) is 4.15. The van der Waals surface area contributed by atoms with Crippen molar-refractivity contribution in [2.45, 2.75) is 6.92 Å². The predicted molar refractivity (Wildman–Crippen MR) is 87.2 cm³/mol. The summed E-state index contributed by atoms with van der Waals surface area (Å²) in [5.74, 6) is -1.53. The first-order valence-corrected chi connectivity index (χ1v) is 7.29. The van der Waals surface area contributed by atoms with Crippen molar-refractivity contribution in [1.82, 2.24) is 4.98 Å². The Morgan fingerprint density at radius 1 is 1.21 bits per heavy atom. The van der Waals surface area contributed by atoms with E-state index in [1.807, 2.05) is 0 Å². The number of anilines is 1. The molecule has 0 saturated heterocycles. The molecular weight excluding hydrogens is 312 g/mol. The van der Waals surface area contributed by atoms with E-state index in [1.54, 1.807) is 43.3 Å². The lowest BCUT2D eigenvalue weighted by Gasteiger charge is -2.10. The zero-order valence-corrected chi connectivity index (χ0v) is 12.8. The average Bonchev–Trinajstić information content (AvgIpc) is 2.94. The standard InChI is InChI=1S/C17H14N2O5/c1-2-23-16(21)11-5-3-4-6-12(11)18-15(20)10-7-8-13-14(9-10)24-17(22)19-13/h3-9H,2H2,1H3,(H,18,20)(H,19,22). The Morgan fingerprint density at radius 3 is 2.79 bits per heavy atom. The van der Waals surface area contributed by atoms with E-state index in [4.69, 9.17) is 9.15 Å². The van der Waals surface area contributed by atoms with Crippen molar-refractivity contribution < 1.29 is 18.7 Å². The fourth-order valence-electron chi connectivity index (χ4n) is 2.26. The number of oxazole rings is 1. The minimum atomic E-state index is -0.588. The van der Waals surface area contributed by atoms with Crippen LogP contribution in [0.1, 0.15) is 27.6 Å². The summed E-state index contributed by atoms with van der Waals surface area (Å²) in [7, 11) is 0. The maximum atomic E-state index is 12.4. The minimum absolute atomic E-state index is 0.240.